The van der Waals surface area contributed by atoms with Gasteiger partial charge in [0.25, 0.3) is 0 Å². The van der Waals surface area contributed by atoms with E-state index in [0.717, 1.165) is 18.0 Å². The van der Waals surface area contributed by atoms with E-state index < -0.39 is 11.7 Å². The van der Waals surface area contributed by atoms with Crippen LogP contribution in [-0.4, -0.2) is 36.1 Å². The number of hydrogen-bond donors (Lipinski definition) is 0. The first-order valence-electron chi connectivity index (χ1n) is 7.29. The second kappa shape index (κ2) is 6.42. The molecule has 0 aliphatic carbocycles. The molecule has 2 aromatic heterocycles. The maximum absolute atomic E-state index is 12.6. The second-order valence-electron chi connectivity index (χ2n) is 5.37. The molecule has 6 nitrogen and oxygen atoms in total. The molecule has 0 unspecified atom stereocenters. The molecule has 0 atom stereocenters. The number of pyridine rings is 2. The number of nitrogens with zero attached hydrogens (tertiary/aromatic N) is 5. The minimum absolute atomic E-state index is 0.263. The number of hydrogen-bond acceptors (Lipinski definition) is 6. The van der Waals surface area contributed by atoms with Crippen molar-refractivity contribution in [2.75, 3.05) is 36.0 Å². The predicted molar refractivity (Wildman–Crippen MR) is 83.4 cm³/mol. The molecule has 1 saturated heterocycles. The van der Waals surface area contributed by atoms with Crippen LogP contribution in [-0.2, 0) is 6.18 Å². The quantitative estimate of drug-likeness (QED) is 0.805. The monoisotopic (exact) mass is 337 g/mol. The number of piperazine rings is 1. The average Bonchev–Trinajstić information content (AvgIpc) is 2.61. The van der Waals surface area contributed by atoms with Crippen LogP contribution in [0.1, 0.15) is 5.56 Å². The Morgan fingerprint density at radius 1 is 1.00 bits per heavy atom. The maximum atomic E-state index is 12.6. The summed E-state index contributed by atoms with van der Waals surface area (Å²) in [6, 6.07) is 4.08. The zero-order chi connectivity index (χ0) is 17.2. The van der Waals surface area contributed by atoms with E-state index in [1.54, 1.807) is 12.3 Å². The van der Waals surface area contributed by atoms with Crippen LogP contribution in [0.25, 0.3) is 0 Å². The third-order valence-corrected chi connectivity index (χ3v) is 3.86. The minimum atomic E-state index is -4.38. The normalized spacial score (nSPS) is 15.5. The van der Waals surface area contributed by atoms with Crippen molar-refractivity contribution in [2.45, 2.75) is 6.18 Å². The summed E-state index contributed by atoms with van der Waals surface area (Å²) in [5, 5.41) is 2.87. The molecule has 3 rings (SSSR count). The highest BCUT2D eigenvalue weighted by molar-refractivity contribution is 5.54. The molecule has 9 heteroatoms. The zero-order valence-corrected chi connectivity index (χ0v) is 12.6. The largest absolute Gasteiger partial charge is 0.417 e. The molecule has 1 fully saturated rings. The lowest BCUT2D eigenvalue weighted by Crippen LogP contribution is -2.46. The summed E-state index contributed by atoms with van der Waals surface area (Å²) in [6.07, 6.45) is -0.487. The van der Waals surface area contributed by atoms with Crippen molar-refractivity contribution in [1.29, 1.82) is 0 Å². The van der Waals surface area contributed by atoms with E-state index in [1.807, 2.05) is 9.80 Å². The van der Waals surface area contributed by atoms with Crippen LogP contribution in [0.2, 0.25) is 0 Å². The predicted octanol–water partition coefficient (Wildman–Crippen LogP) is 3.22. The lowest BCUT2D eigenvalue weighted by molar-refractivity contribution is -0.137. The third kappa shape index (κ3) is 3.44. The van der Waals surface area contributed by atoms with Crippen LogP contribution in [0.15, 0.2) is 42.0 Å². The van der Waals surface area contributed by atoms with Gasteiger partial charge in [-0.1, -0.05) is 0 Å². The Morgan fingerprint density at radius 3 is 2.29 bits per heavy atom. The molecule has 0 saturated carbocycles. The lowest BCUT2D eigenvalue weighted by atomic mass is 10.2. The highest BCUT2D eigenvalue weighted by Crippen LogP contribution is 2.29. The fraction of sp³-hybridized carbons (Fsp3) is 0.333. The van der Waals surface area contributed by atoms with Crippen molar-refractivity contribution in [2.24, 2.45) is 5.18 Å². The Morgan fingerprint density at radius 2 is 1.71 bits per heavy atom. The van der Waals surface area contributed by atoms with Gasteiger partial charge in [0.1, 0.15) is 11.5 Å². The van der Waals surface area contributed by atoms with Gasteiger partial charge in [-0.25, -0.2) is 4.98 Å². The van der Waals surface area contributed by atoms with Gasteiger partial charge in [-0.2, -0.15) is 13.2 Å². The minimum Gasteiger partial charge on any atom is -0.367 e. The molecule has 0 radical (unpaired) electrons. The van der Waals surface area contributed by atoms with Gasteiger partial charge in [0.2, 0.25) is 0 Å². The second-order valence-corrected chi connectivity index (χ2v) is 5.37. The van der Waals surface area contributed by atoms with Crippen molar-refractivity contribution in [3.63, 3.8) is 0 Å². The molecule has 3 heterocycles. The summed E-state index contributed by atoms with van der Waals surface area (Å²) < 4.78 is 37.7. The zero-order valence-electron chi connectivity index (χ0n) is 12.6. The highest BCUT2D eigenvalue weighted by Gasteiger charge is 2.31. The van der Waals surface area contributed by atoms with Gasteiger partial charge in [0, 0.05) is 32.4 Å². The molecule has 24 heavy (non-hydrogen) atoms. The summed E-state index contributed by atoms with van der Waals surface area (Å²) in [5.41, 5.74) is 0.306. The van der Waals surface area contributed by atoms with Crippen LogP contribution in [0.3, 0.4) is 0 Å². The van der Waals surface area contributed by atoms with Gasteiger partial charge in [-0.05, 0) is 23.4 Å². The SMILES string of the molecule is O=Nc1cncc(N2CCN(c3ccc(C(F)(F)F)cn3)CC2)c1. The van der Waals surface area contributed by atoms with Gasteiger partial charge in [0.05, 0.1) is 23.6 Å². The van der Waals surface area contributed by atoms with Gasteiger partial charge in [-0.15, -0.1) is 4.91 Å². The molecule has 0 bridgehead atoms. The van der Waals surface area contributed by atoms with E-state index in [4.69, 9.17) is 0 Å². The molecule has 0 N–H and O–H groups in total. The van der Waals surface area contributed by atoms with Crippen molar-refractivity contribution >= 4 is 17.2 Å². The Labute approximate surface area is 135 Å². The standard InChI is InChI=1S/C15H14F3N5O/c16-15(17,18)11-1-2-14(20-8-11)23-5-3-22(4-6-23)13-7-12(21-24)9-19-10-13/h1-2,7-10H,3-6H2. The van der Waals surface area contributed by atoms with E-state index in [1.165, 1.54) is 12.3 Å². The van der Waals surface area contributed by atoms with Crippen molar-refractivity contribution in [1.82, 2.24) is 9.97 Å². The van der Waals surface area contributed by atoms with Crippen LogP contribution in [0.5, 0.6) is 0 Å². The smallest absolute Gasteiger partial charge is 0.367 e. The summed E-state index contributed by atoms with van der Waals surface area (Å²) in [5.74, 6) is 0.518. The van der Waals surface area contributed by atoms with E-state index in [0.29, 0.717) is 32.0 Å². The third-order valence-electron chi connectivity index (χ3n) is 3.86. The fourth-order valence-corrected chi connectivity index (χ4v) is 2.57. The van der Waals surface area contributed by atoms with Crippen LogP contribution >= 0.6 is 0 Å². The molecule has 1 aliphatic heterocycles. The van der Waals surface area contributed by atoms with Gasteiger partial charge in [0.15, 0.2) is 0 Å². The Balaban J connectivity index is 1.65. The Bertz CT molecular complexity index is 712. The Hall–Kier alpha value is -2.71. The van der Waals surface area contributed by atoms with E-state index >= 15 is 0 Å². The molecule has 1 aliphatic rings. The van der Waals surface area contributed by atoms with Gasteiger partial charge < -0.3 is 9.80 Å². The fourth-order valence-electron chi connectivity index (χ4n) is 2.57. The topological polar surface area (TPSA) is 61.7 Å². The number of nitroso groups, excluding NO2 is 1. The summed E-state index contributed by atoms with van der Waals surface area (Å²) in [4.78, 5) is 22.4. The number of halogens is 3. The first-order valence-corrected chi connectivity index (χ1v) is 7.29. The lowest BCUT2D eigenvalue weighted by Gasteiger charge is -2.36. The molecule has 2 aromatic rings. The van der Waals surface area contributed by atoms with E-state index in [2.05, 4.69) is 15.1 Å². The van der Waals surface area contributed by atoms with E-state index in [9.17, 15) is 18.1 Å². The van der Waals surface area contributed by atoms with Crippen LogP contribution in [0.4, 0.5) is 30.4 Å². The highest BCUT2D eigenvalue weighted by atomic mass is 19.4. The summed E-state index contributed by atoms with van der Waals surface area (Å²) in [6.45, 7) is 2.51. The molecule has 0 spiro atoms. The number of aromatic nitrogens is 2. The first kappa shape index (κ1) is 16.2. The number of rotatable bonds is 3. The van der Waals surface area contributed by atoms with Crippen molar-refractivity contribution < 1.29 is 13.2 Å². The number of alkyl halides is 3. The van der Waals surface area contributed by atoms with Gasteiger partial charge in [-0.3, -0.25) is 4.98 Å². The summed E-state index contributed by atoms with van der Waals surface area (Å²) >= 11 is 0. The molecule has 126 valence electrons. The van der Waals surface area contributed by atoms with Crippen molar-refractivity contribution in [3.05, 3.63) is 47.3 Å². The average molecular weight is 337 g/mol. The van der Waals surface area contributed by atoms with Crippen LogP contribution < -0.4 is 9.80 Å². The first-order chi connectivity index (χ1) is 11.5. The summed E-state index contributed by atoms with van der Waals surface area (Å²) in [7, 11) is 0. The van der Waals surface area contributed by atoms with Crippen LogP contribution in [0, 0.1) is 4.91 Å². The maximum Gasteiger partial charge on any atom is 0.417 e. The molecule has 0 aromatic carbocycles. The molecular weight excluding hydrogens is 323 g/mol. The van der Waals surface area contributed by atoms with E-state index in [-0.39, 0.29) is 5.69 Å². The van der Waals surface area contributed by atoms with Crippen molar-refractivity contribution in [3.8, 4) is 0 Å². The molecule has 0 amide bonds. The number of anilines is 2. The van der Waals surface area contributed by atoms with Gasteiger partial charge >= 0.3 is 6.18 Å². The Kier molecular flexibility index (Phi) is 4.32. The molecular formula is C15H14F3N5O.